The first kappa shape index (κ1) is 14.9. The minimum absolute atomic E-state index is 0.0501. The lowest BCUT2D eigenvalue weighted by Crippen LogP contribution is -2.05. The summed E-state index contributed by atoms with van der Waals surface area (Å²) in [5, 5.41) is 6.65. The monoisotopic (exact) mass is 304 g/mol. The van der Waals surface area contributed by atoms with Crippen LogP contribution in [0.2, 0.25) is 0 Å². The number of benzene rings is 1. The van der Waals surface area contributed by atoms with Crippen molar-refractivity contribution in [2.45, 2.75) is 13.1 Å². The van der Waals surface area contributed by atoms with Crippen molar-refractivity contribution in [2.75, 3.05) is 6.61 Å². The van der Waals surface area contributed by atoms with Crippen molar-refractivity contribution < 1.29 is 31.5 Å². The Labute approximate surface area is 115 Å². The van der Waals surface area contributed by atoms with Crippen LogP contribution in [-0.2, 0) is 10.9 Å². The molecule has 0 aliphatic heterocycles. The van der Waals surface area contributed by atoms with Gasteiger partial charge in [-0.05, 0) is 25.1 Å². The van der Waals surface area contributed by atoms with Crippen molar-refractivity contribution in [3.8, 4) is 11.5 Å². The summed E-state index contributed by atoms with van der Waals surface area (Å²) < 4.78 is 60.8. The van der Waals surface area contributed by atoms with Gasteiger partial charge >= 0.3 is 18.0 Å². The summed E-state index contributed by atoms with van der Waals surface area (Å²) in [6.45, 7) is 1.59. The van der Waals surface area contributed by atoms with E-state index in [1.165, 1.54) is 0 Å². The van der Waals surface area contributed by atoms with E-state index in [1.54, 1.807) is 6.92 Å². The summed E-state index contributed by atoms with van der Waals surface area (Å²) in [5.41, 5.74) is -1.62. The Hall–Kier alpha value is -2.45. The van der Waals surface area contributed by atoms with E-state index in [-0.39, 0.29) is 6.61 Å². The lowest BCUT2D eigenvalue weighted by Gasteiger charge is -2.07. The Balaban J connectivity index is 2.40. The van der Waals surface area contributed by atoms with Crippen molar-refractivity contribution in [3.05, 3.63) is 35.5 Å². The molecule has 0 fully saturated rings. The summed E-state index contributed by atoms with van der Waals surface area (Å²) >= 11 is 0. The maximum absolute atomic E-state index is 13.6. The average molecular weight is 304 g/mol. The van der Waals surface area contributed by atoms with Crippen molar-refractivity contribution in [2.24, 2.45) is 0 Å². The van der Waals surface area contributed by atoms with Crippen LogP contribution in [-0.4, -0.2) is 22.8 Å². The molecular formula is C12H8F4N2O3. The number of rotatable bonds is 3. The number of hydrogen-bond acceptors (Lipinski definition) is 5. The Kier molecular flexibility index (Phi) is 3.92. The minimum Gasteiger partial charge on any atom is -0.459 e. The maximum atomic E-state index is 13.6. The predicted octanol–water partition coefficient (Wildman–Crippen LogP) is 3.07. The molecule has 0 spiro atoms. The van der Waals surface area contributed by atoms with Gasteiger partial charge in [0.15, 0.2) is 0 Å². The highest BCUT2D eigenvalue weighted by Crippen LogP contribution is 2.33. The van der Waals surface area contributed by atoms with E-state index in [0.29, 0.717) is 18.2 Å². The normalized spacial score (nSPS) is 11.5. The van der Waals surface area contributed by atoms with Crippen LogP contribution in [0, 0.1) is 5.82 Å². The molecule has 1 aromatic carbocycles. The number of esters is 1. The highest BCUT2D eigenvalue weighted by molar-refractivity contribution is 5.84. The Morgan fingerprint density at radius 3 is 2.67 bits per heavy atom. The SMILES string of the molecule is CCOC(=O)c1nnc(-c2cc(C(F)(F)F)ccc2F)o1. The van der Waals surface area contributed by atoms with Gasteiger partial charge in [0.25, 0.3) is 5.89 Å². The lowest BCUT2D eigenvalue weighted by atomic mass is 10.1. The number of halogens is 4. The van der Waals surface area contributed by atoms with Crippen LogP contribution in [0.5, 0.6) is 0 Å². The molecule has 5 nitrogen and oxygen atoms in total. The third-order valence-electron chi connectivity index (χ3n) is 2.40. The van der Waals surface area contributed by atoms with Crippen molar-refractivity contribution >= 4 is 5.97 Å². The van der Waals surface area contributed by atoms with Crippen LogP contribution in [0.25, 0.3) is 11.5 Å². The van der Waals surface area contributed by atoms with Crippen LogP contribution in [0.15, 0.2) is 22.6 Å². The summed E-state index contributed by atoms with van der Waals surface area (Å²) in [4.78, 5) is 11.3. The number of alkyl halides is 3. The average Bonchev–Trinajstić information content (AvgIpc) is 2.87. The highest BCUT2D eigenvalue weighted by Gasteiger charge is 2.32. The molecule has 2 aromatic rings. The van der Waals surface area contributed by atoms with Gasteiger partial charge in [-0.2, -0.15) is 13.2 Å². The van der Waals surface area contributed by atoms with Gasteiger partial charge in [0, 0.05) is 0 Å². The van der Waals surface area contributed by atoms with E-state index in [2.05, 4.69) is 14.9 Å². The fourth-order valence-electron chi connectivity index (χ4n) is 1.47. The molecule has 0 aliphatic rings. The van der Waals surface area contributed by atoms with Crippen LogP contribution < -0.4 is 0 Å². The zero-order valence-electron chi connectivity index (χ0n) is 10.6. The third kappa shape index (κ3) is 3.18. The highest BCUT2D eigenvalue weighted by atomic mass is 19.4. The van der Waals surface area contributed by atoms with Gasteiger partial charge in [-0.3, -0.25) is 0 Å². The Bertz CT molecular complexity index is 667. The van der Waals surface area contributed by atoms with E-state index in [0.717, 1.165) is 0 Å². The number of carbonyl (C=O) groups excluding carboxylic acids is 1. The summed E-state index contributed by atoms with van der Waals surface area (Å²) in [7, 11) is 0. The molecule has 112 valence electrons. The first-order chi connectivity index (χ1) is 9.82. The minimum atomic E-state index is -4.65. The maximum Gasteiger partial charge on any atom is 0.416 e. The molecule has 1 heterocycles. The second-order valence-electron chi connectivity index (χ2n) is 3.83. The smallest absolute Gasteiger partial charge is 0.416 e. The van der Waals surface area contributed by atoms with E-state index in [9.17, 15) is 22.4 Å². The topological polar surface area (TPSA) is 65.2 Å². The number of hydrogen-bond donors (Lipinski definition) is 0. The summed E-state index contributed by atoms with van der Waals surface area (Å²) in [5.74, 6) is -3.03. The molecule has 21 heavy (non-hydrogen) atoms. The largest absolute Gasteiger partial charge is 0.459 e. The molecule has 0 atom stereocenters. The summed E-state index contributed by atoms with van der Waals surface area (Å²) in [6, 6.07) is 1.74. The van der Waals surface area contributed by atoms with E-state index >= 15 is 0 Å². The molecule has 0 unspecified atom stereocenters. The third-order valence-corrected chi connectivity index (χ3v) is 2.40. The molecule has 0 aliphatic carbocycles. The summed E-state index contributed by atoms with van der Waals surface area (Å²) in [6.07, 6.45) is -4.65. The van der Waals surface area contributed by atoms with E-state index < -0.39 is 40.9 Å². The van der Waals surface area contributed by atoms with E-state index in [4.69, 9.17) is 4.42 Å². The van der Waals surface area contributed by atoms with Gasteiger partial charge < -0.3 is 9.15 Å². The first-order valence-electron chi connectivity index (χ1n) is 5.70. The molecule has 0 bridgehead atoms. The molecule has 2 rings (SSSR count). The standard InChI is InChI=1S/C12H8F4N2O3/c1-2-20-11(19)10-18-17-9(21-10)7-5-6(12(14,15)16)3-4-8(7)13/h3-5H,2H2,1H3. The van der Waals surface area contributed by atoms with Crippen LogP contribution in [0.1, 0.15) is 23.2 Å². The second kappa shape index (κ2) is 5.51. The molecule has 9 heteroatoms. The Morgan fingerprint density at radius 2 is 2.05 bits per heavy atom. The predicted molar refractivity (Wildman–Crippen MR) is 60.7 cm³/mol. The molecule has 0 saturated heterocycles. The van der Waals surface area contributed by atoms with Crippen LogP contribution >= 0.6 is 0 Å². The van der Waals surface area contributed by atoms with Gasteiger partial charge in [-0.25, -0.2) is 9.18 Å². The van der Waals surface area contributed by atoms with E-state index in [1.807, 2.05) is 0 Å². The lowest BCUT2D eigenvalue weighted by molar-refractivity contribution is -0.137. The first-order valence-corrected chi connectivity index (χ1v) is 5.70. The van der Waals surface area contributed by atoms with Crippen LogP contribution in [0.3, 0.4) is 0 Å². The molecule has 0 amide bonds. The van der Waals surface area contributed by atoms with Gasteiger partial charge in [0.05, 0.1) is 17.7 Å². The zero-order chi connectivity index (χ0) is 15.6. The van der Waals surface area contributed by atoms with Crippen molar-refractivity contribution in [1.29, 1.82) is 0 Å². The Morgan fingerprint density at radius 1 is 1.33 bits per heavy atom. The molecule has 0 radical (unpaired) electrons. The fraction of sp³-hybridized carbons (Fsp3) is 0.250. The quantitative estimate of drug-likeness (QED) is 0.644. The molecular weight excluding hydrogens is 296 g/mol. The van der Waals surface area contributed by atoms with Gasteiger partial charge in [0.2, 0.25) is 0 Å². The van der Waals surface area contributed by atoms with Crippen LogP contribution in [0.4, 0.5) is 17.6 Å². The number of carbonyl (C=O) groups is 1. The van der Waals surface area contributed by atoms with Gasteiger partial charge in [0.1, 0.15) is 5.82 Å². The molecule has 1 aromatic heterocycles. The van der Waals surface area contributed by atoms with Crippen molar-refractivity contribution in [3.63, 3.8) is 0 Å². The van der Waals surface area contributed by atoms with Gasteiger partial charge in [-0.15, -0.1) is 10.2 Å². The molecule has 0 N–H and O–H groups in total. The number of aromatic nitrogens is 2. The fourth-order valence-corrected chi connectivity index (χ4v) is 1.47. The number of ether oxygens (including phenoxy) is 1. The molecule has 0 saturated carbocycles. The van der Waals surface area contributed by atoms with Gasteiger partial charge in [-0.1, -0.05) is 0 Å². The second-order valence-corrected chi connectivity index (χ2v) is 3.83. The van der Waals surface area contributed by atoms with Crippen molar-refractivity contribution in [1.82, 2.24) is 10.2 Å². The zero-order valence-corrected chi connectivity index (χ0v) is 10.6. The number of nitrogens with zero attached hydrogens (tertiary/aromatic N) is 2.